The zero-order valence-corrected chi connectivity index (χ0v) is 17.9. The Hall–Kier alpha value is -2.70. The molecular weight excluding hydrogens is 376 g/mol. The van der Waals surface area contributed by atoms with Gasteiger partial charge in [0.25, 0.3) is 5.91 Å². The summed E-state index contributed by atoms with van der Waals surface area (Å²) in [6, 6.07) is 10.2. The van der Waals surface area contributed by atoms with E-state index in [1.165, 1.54) is 11.1 Å². The van der Waals surface area contributed by atoms with E-state index in [1.54, 1.807) is 12.4 Å². The Morgan fingerprint density at radius 1 is 1.17 bits per heavy atom. The first kappa shape index (κ1) is 20.6. The average molecular weight is 407 g/mol. The smallest absolute Gasteiger partial charge is 0.270 e. The average Bonchev–Trinajstić information content (AvgIpc) is 3.18. The standard InChI is InChI=1S/C24H30N4O2/c1-18-14-19(2)21-16-23(26-22(21)15-18)24(29)28(17-20-4-6-25-7-5-20)9-3-8-27-10-12-30-13-11-27/h4-7,14-16,26H,3,8-13,17H2,1-2H3. The number of nitrogens with one attached hydrogen (secondary N) is 1. The van der Waals surface area contributed by atoms with E-state index in [9.17, 15) is 4.79 Å². The molecule has 3 aromatic rings. The Kier molecular flexibility index (Phi) is 6.45. The number of nitrogens with zero attached hydrogens (tertiary/aromatic N) is 3. The molecule has 6 heteroatoms. The fraction of sp³-hybridized carbons (Fsp3) is 0.417. The molecule has 0 aliphatic carbocycles. The number of benzene rings is 1. The molecule has 1 fully saturated rings. The molecule has 0 atom stereocenters. The number of carbonyl (C=O) groups excluding carboxylic acids is 1. The minimum Gasteiger partial charge on any atom is -0.379 e. The number of aryl methyl sites for hydroxylation is 2. The largest absolute Gasteiger partial charge is 0.379 e. The lowest BCUT2D eigenvalue weighted by Crippen LogP contribution is -2.39. The highest BCUT2D eigenvalue weighted by atomic mass is 16.5. The van der Waals surface area contributed by atoms with Gasteiger partial charge in [-0.2, -0.15) is 0 Å². The van der Waals surface area contributed by atoms with Crippen LogP contribution in [-0.2, 0) is 11.3 Å². The van der Waals surface area contributed by atoms with Crippen molar-refractivity contribution in [2.45, 2.75) is 26.8 Å². The van der Waals surface area contributed by atoms with Crippen molar-refractivity contribution in [2.75, 3.05) is 39.4 Å². The van der Waals surface area contributed by atoms with E-state index in [-0.39, 0.29) is 5.91 Å². The zero-order chi connectivity index (χ0) is 20.9. The van der Waals surface area contributed by atoms with Gasteiger partial charge in [0.1, 0.15) is 5.69 Å². The number of pyridine rings is 1. The third kappa shape index (κ3) is 4.89. The molecule has 0 radical (unpaired) electrons. The van der Waals surface area contributed by atoms with Crippen LogP contribution in [0.5, 0.6) is 0 Å². The summed E-state index contributed by atoms with van der Waals surface area (Å²) < 4.78 is 5.43. The SMILES string of the molecule is Cc1cc(C)c2cc(C(=O)N(CCCN3CCOCC3)Cc3ccncc3)[nH]c2c1. The number of amides is 1. The number of hydrogen-bond donors (Lipinski definition) is 1. The van der Waals surface area contributed by atoms with Gasteiger partial charge in [-0.25, -0.2) is 0 Å². The summed E-state index contributed by atoms with van der Waals surface area (Å²) in [4.78, 5) is 25.3. The Balaban J connectivity index is 1.51. The Morgan fingerprint density at radius 2 is 1.93 bits per heavy atom. The molecule has 158 valence electrons. The second-order valence-electron chi connectivity index (χ2n) is 8.12. The summed E-state index contributed by atoms with van der Waals surface area (Å²) in [7, 11) is 0. The lowest BCUT2D eigenvalue weighted by Gasteiger charge is -2.28. The molecule has 0 spiro atoms. The molecular formula is C24H30N4O2. The Bertz CT molecular complexity index is 993. The molecule has 1 aliphatic heterocycles. The number of aromatic nitrogens is 2. The lowest BCUT2D eigenvalue weighted by molar-refractivity contribution is 0.0355. The van der Waals surface area contributed by atoms with E-state index in [1.807, 2.05) is 23.1 Å². The van der Waals surface area contributed by atoms with Crippen LogP contribution in [0.2, 0.25) is 0 Å². The van der Waals surface area contributed by atoms with Gasteiger partial charge >= 0.3 is 0 Å². The third-order valence-corrected chi connectivity index (χ3v) is 5.74. The maximum absolute atomic E-state index is 13.4. The van der Waals surface area contributed by atoms with Crippen LogP contribution in [0.25, 0.3) is 10.9 Å². The van der Waals surface area contributed by atoms with Gasteiger partial charge in [-0.05, 0) is 61.2 Å². The van der Waals surface area contributed by atoms with Crippen molar-refractivity contribution in [3.63, 3.8) is 0 Å². The van der Waals surface area contributed by atoms with Gasteiger partial charge in [0, 0.05) is 56.0 Å². The molecule has 0 saturated carbocycles. The minimum atomic E-state index is 0.0436. The van der Waals surface area contributed by atoms with Gasteiger partial charge in [-0.15, -0.1) is 0 Å². The maximum Gasteiger partial charge on any atom is 0.270 e. The van der Waals surface area contributed by atoms with Crippen molar-refractivity contribution in [1.82, 2.24) is 19.8 Å². The van der Waals surface area contributed by atoms with E-state index >= 15 is 0 Å². The molecule has 1 N–H and O–H groups in total. The van der Waals surface area contributed by atoms with Gasteiger partial charge in [0.05, 0.1) is 13.2 Å². The van der Waals surface area contributed by atoms with Crippen molar-refractivity contribution in [2.24, 2.45) is 0 Å². The molecule has 3 heterocycles. The van der Waals surface area contributed by atoms with Crippen LogP contribution in [0.4, 0.5) is 0 Å². The number of aromatic amines is 1. The third-order valence-electron chi connectivity index (χ3n) is 5.74. The molecule has 6 nitrogen and oxygen atoms in total. The van der Waals surface area contributed by atoms with Crippen LogP contribution in [0.3, 0.4) is 0 Å². The van der Waals surface area contributed by atoms with Crippen molar-refractivity contribution in [3.8, 4) is 0 Å². The molecule has 1 aromatic carbocycles. The van der Waals surface area contributed by atoms with Crippen LogP contribution in [0.1, 0.15) is 33.6 Å². The highest BCUT2D eigenvalue weighted by Crippen LogP contribution is 2.23. The van der Waals surface area contributed by atoms with Crippen molar-refractivity contribution in [1.29, 1.82) is 0 Å². The molecule has 1 saturated heterocycles. The van der Waals surface area contributed by atoms with Gasteiger partial charge in [-0.1, -0.05) is 6.07 Å². The number of hydrogen-bond acceptors (Lipinski definition) is 4. The molecule has 1 amide bonds. The first-order valence-electron chi connectivity index (χ1n) is 10.7. The number of fused-ring (bicyclic) bond motifs is 1. The van der Waals surface area contributed by atoms with Crippen molar-refractivity contribution < 1.29 is 9.53 Å². The van der Waals surface area contributed by atoms with E-state index < -0.39 is 0 Å². The van der Waals surface area contributed by atoms with Gasteiger partial charge in [0.15, 0.2) is 0 Å². The fourth-order valence-corrected chi connectivity index (χ4v) is 4.16. The van der Waals surface area contributed by atoms with Crippen LogP contribution in [0.15, 0.2) is 42.7 Å². The van der Waals surface area contributed by atoms with Gasteiger partial charge in [-0.3, -0.25) is 14.7 Å². The van der Waals surface area contributed by atoms with E-state index in [2.05, 4.69) is 40.8 Å². The van der Waals surface area contributed by atoms with Crippen LogP contribution in [0, 0.1) is 13.8 Å². The monoisotopic (exact) mass is 406 g/mol. The Morgan fingerprint density at radius 3 is 2.70 bits per heavy atom. The molecule has 4 rings (SSSR count). The predicted octanol–water partition coefficient (Wildman–Crippen LogP) is 3.54. The summed E-state index contributed by atoms with van der Waals surface area (Å²) in [5.74, 6) is 0.0436. The van der Waals surface area contributed by atoms with E-state index in [0.717, 1.165) is 55.7 Å². The topological polar surface area (TPSA) is 61.5 Å². The zero-order valence-electron chi connectivity index (χ0n) is 17.9. The number of carbonyl (C=O) groups is 1. The van der Waals surface area contributed by atoms with Crippen molar-refractivity contribution >= 4 is 16.8 Å². The fourth-order valence-electron chi connectivity index (χ4n) is 4.16. The predicted molar refractivity (Wildman–Crippen MR) is 119 cm³/mol. The summed E-state index contributed by atoms with van der Waals surface area (Å²) in [6.07, 6.45) is 4.50. The highest BCUT2D eigenvalue weighted by Gasteiger charge is 2.20. The molecule has 1 aliphatic rings. The summed E-state index contributed by atoms with van der Waals surface area (Å²) in [5.41, 5.74) is 5.15. The normalized spacial score (nSPS) is 14.9. The van der Waals surface area contributed by atoms with Crippen LogP contribution in [-0.4, -0.2) is 65.1 Å². The van der Waals surface area contributed by atoms with E-state index in [4.69, 9.17) is 4.74 Å². The van der Waals surface area contributed by atoms with Crippen LogP contribution < -0.4 is 0 Å². The van der Waals surface area contributed by atoms with E-state index in [0.29, 0.717) is 18.8 Å². The molecule has 2 aromatic heterocycles. The number of H-pyrrole nitrogens is 1. The van der Waals surface area contributed by atoms with Gasteiger partial charge < -0.3 is 14.6 Å². The maximum atomic E-state index is 13.4. The Labute approximate surface area is 177 Å². The number of rotatable bonds is 7. The van der Waals surface area contributed by atoms with Gasteiger partial charge in [0.2, 0.25) is 0 Å². The second kappa shape index (κ2) is 9.41. The first-order valence-corrected chi connectivity index (χ1v) is 10.7. The first-order chi connectivity index (χ1) is 14.6. The van der Waals surface area contributed by atoms with Crippen molar-refractivity contribution in [3.05, 3.63) is 65.1 Å². The number of ether oxygens (including phenoxy) is 1. The molecule has 30 heavy (non-hydrogen) atoms. The molecule has 0 bridgehead atoms. The lowest BCUT2D eigenvalue weighted by atomic mass is 10.1. The highest BCUT2D eigenvalue weighted by molar-refractivity contribution is 5.99. The second-order valence-corrected chi connectivity index (χ2v) is 8.12. The number of morpholine rings is 1. The summed E-state index contributed by atoms with van der Waals surface area (Å²) >= 11 is 0. The summed E-state index contributed by atoms with van der Waals surface area (Å²) in [5, 5.41) is 1.11. The quantitative estimate of drug-likeness (QED) is 0.652. The van der Waals surface area contributed by atoms with Crippen LogP contribution >= 0.6 is 0 Å². The summed E-state index contributed by atoms with van der Waals surface area (Å²) in [6.45, 7) is 9.99. The minimum absolute atomic E-state index is 0.0436. The molecule has 0 unspecified atom stereocenters.